The van der Waals surface area contributed by atoms with Crippen LogP contribution in [0.4, 0.5) is 0 Å². The minimum Gasteiger partial charge on any atom is -0.409 e. The maximum absolute atomic E-state index is 8.63. The van der Waals surface area contributed by atoms with Crippen molar-refractivity contribution in [3.63, 3.8) is 0 Å². The lowest BCUT2D eigenvalue weighted by atomic mass is 10.1. The van der Waals surface area contributed by atoms with Crippen molar-refractivity contribution in [3.8, 4) is 0 Å². The van der Waals surface area contributed by atoms with Gasteiger partial charge in [0.2, 0.25) is 0 Å². The molecular weight excluding hydrogens is 294 g/mol. The molecule has 0 atom stereocenters. The SMILES string of the molecule is Cc1ccsc1CNCc1ccc(/C(N)=N/O)cc1Cl. The molecule has 0 aliphatic carbocycles. The first-order valence-corrected chi connectivity index (χ1v) is 7.37. The van der Waals surface area contributed by atoms with Gasteiger partial charge in [0.15, 0.2) is 5.84 Å². The monoisotopic (exact) mass is 309 g/mol. The molecule has 0 fully saturated rings. The fourth-order valence-electron chi connectivity index (χ4n) is 1.80. The number of halogens is 1. The van der Waals surface area contributed by atoms with Crippen molar-refractivity contribution >= 4 is 28.8 Å². The van der Waals surface area contributed by atoms with Crippen LogP contribution in [-0.2, 0) is 13.1 Å². The third-order valence-corrected chi connectivity index (χ3v) is 4.40. The standard InChI is InChI=1S/C14H16ClN3OS/c1-9-4-5-20-13(9)8-17-7-11-3-2-10(6-12(11)15)14(16)18-19/h2-6,17,19H,7-8H2,1H3,(H2,16,18). The zero-order valence-corrected chi connectivity index (χ0v) is 12.6. The van der Waals surface area contributed by atoms with Crippen molar-refractivity contribution in [3.05, 3.63) is 56.2 Å². The number of nitrogens with one attached hydrogen (secondary N) is 1. The molecule has 0 saturated carbocycles. The summed E-state index contributed by atoms with van der Waals surface area (Å²) >= 11 is 7.94. The Morgan fingerprint density at radius 2 is 2.20 bits per heavy atom. The van der Waals surface area contributed by atoms with Crippen LogP contribution < -0.4 is 11.1 Å². The predicted molar refractivity (Wildman–Crippen MR) is 83.6 cm³/mol. The fraction of sp³-hybridized carbons (Fsp3) is 0.214. The smallest absolute Gasteiger partial charge is 0.170 e. The minimum absolute atomic E-state index is 0.0561. The topological polar surface area (TPSA) is 70.6 Å². The van der Waals surface area contributed by atoms with Crippen LogP contribution in [0.3, 0.4) is 0 Å². The van der Waals surface area contributed by atoms with Crippen molar-refractivity contribution in [1.29, 1.82) is 0 Å². The molecule has 4 nitrogen and oxygen atoms in total. The van der Waals surface area contributed by atoms with Crippen molar-refractivity contribution in [1.82, 2.24) is 5.32 Å². The van der Waals surface area contributed by atoms with E-state index in [4.69, 9.17) is 22.5 Å². The largest absolute Gasteiger partial charge is 0.409 e. The average Bonchev–Trinajstić information content (AvgIpc) is 2.85. The van der Waals surface area contributed by atoms with Gasteiger partial charge in [-0.3, -0.25) is 0 Å². The lowest BCUT2D eigenvalue weighted by molar-refractivity contribution is 0.318. The number of thiophene rings is 1. The van der Waals surface area contributed by atoms with E-state index in [0.29, 0.717) is 17.1 Å². The molecule has 0 aliphatic rings. The number of nitrogens with two attached hydrogens (primary N) is 1. The Balaban J connectivity index is 1.98. The molecule has 4 N–H and O–H groups in total. The Morgan fingerprint density at radius 1 is 1.40 bits per heavy atom. The highest BCUT2D eigenvalue weighted by Gasteiger charge is 2.05. The van der Waals surface area contributed by atoms with Crippen LogP contribution in [0.2, 0.25) is 5.02 Å². The predicted octanol–water partition coefficient (Wildman–Crippen LogP) is 3.09. The van der Waals surface area contributed by atoms with Gasteiger partial charge in [0.05, 0.1) is 0 Å². The summed E-state index contributed by atoms with van der Waals surface area (Å²) in [5, 5.41) is 17.6. The van der Waals surface area contributed by atoms with E-state index < -0.39 is 0 Å². The highest BCUT2D eigenvalue weighted by molar-refractivity contribution is 7.10. The molecule has 1 heterocycles. The summed E-state index contributed by atoms with van der Waals surface area (Å²) in [5.41, 5.74) is 8.41. The maximum atomic E-state index is 8.63. The van der Waals surface area contributed by atoms with Gasteiger partial charge < -0.3 is 16.3 Å². The van der Waals surface area contributed by atoms with E-state index in [1.807, 2.05) is 6.07 Å². The third kappa shape index (κ3) is 3.50. The van der Waals surface area contributed by atoms with Crippen LogP contribution in [0.25, 0.3) is 0 Å². The molecule has 0 spiro atoms. The second kappa shape index (κ2) is 6.74. The lowest BCUT2D eigenvalue weighted by Gasteiger charge is -2.08. The molecule has 6 heteroatoms. The van der Waals surface area contributed by atoms with Gasteiger partial charge >= 0.3 is 0 Å². The average molecular weight is 310 g/mol. The van der Waals surface area contributed by atoms with E-state index in [1.165, 1.54) is 10.4 Å². The molecule has 2 aromatic rings. The highest BCUT2D eigenvalue weighted by atomic mass is 35.5. The summed E-state index contributed by atoms with van der Waals surface area (Å²) in [6, 6.07) is 7.47. The Kier molecular flexibility index (Phi) is 5.00. The first kappa shape index (κ1) is 14.8. The normalized spacial score (nSPS) is 11.8. The van der Waals surface area contributed by atoms with Gasteiger partial charge in [0.1, 0.15) is 0 Å². The van der Waals surface area contributed by atoms with Gasteiger partial charge in [-0.05, 0) is 35.6 Å². The number of hydrogen-bond acceptors (Lipinski definition) is 4. The molecule has 0 aliphatic heterocycles. The van der Waals surface area contributed by atoms with Crippen LogP contribution in [0.5, 0.6) is 0 Å². The van der Waals surface area contributed by atoms with Crippen molar-refractivity contribution in [2.45, 2.75) is 20.0 Å². The third-order valence-electron chi connectivity index (χ3n) is 3.03. The summed E-state index contributed by atoms with van der Waals surface area (Å²) in [7, 11) is 0. The van der Waals surface area contributed by atoms with Gasteiger partial charge in [0.25, 0.3) is 0 Å². The second-order valence-corrected chi connectivity index (χ2v) is 5.83. The van der Waals surface area contributed by atoms with Gasteiger partial charge in [-0.2, -0.15) is 0 Å². The molecule has 0 amide bonds. The zero-order valence-electron chi connectivity index (χ0n) is 11.1. The fourth-order valence-corrected chi connectivity index (χ4v) is 2.93. The molecule has 0 saturated heterocycles. The highest BCUT2D eigenvalue weighted by Crippen LogP contribution is 2.19. The molecule has 1 aromatic carbocycles. The molecule has 0 radical (unpaired) electrons. The van der Waals surface area contributed by atoms with E-state index in [1.54, 1.807) is 23.5 Å². The van der Waals surface area contributed by atoms with Gasteiger partial charge in [0, 0.05) is 28.6 Å². The number of benzene rings is 1. The second-order valence-electron chi connectivity index (χ2n) is 4.42. The number of oxime groups is 1. The van der Waals surface area contributed by atoms with E-state index >= 15 is 0 Å². The van der Waals surface area contributed by atoms with Crippen molar-refractivity contribution in [2.24, 2.45) is 10.9 Å². The molecule has 1 aromatic heterocycles. The summed E-state index contributed by atoms with van der Waals surface area (Å²) in [4.78, 5) is 1.33. The molecule has 106 valence electrons. The quantitative estimate of drug-likeness (QED) is 0.344. The van der Waals surface area contributed by atoms with Crippen LogP contribution in [0.15, 0.2) is 34.8 Å². The van der Waals surface area contributed by atoms with Crippen molar-refractivity contribution < 1.29 is 5.21 Å². The molecule has 20 heavy (non-hydrogen) atoms. The van der Waals surface area contributed by atoms with Crippen LogP contribution in [0, 0.1) is 6.92 Å². The Hall–Kier alpha value is -1.56. The Labute approximate surface area is 126 Å². The molecule has 0 unspecified atom stereocenters. The summed E-state index contributed by atoms with van der Waals surface area (Å²) in [5.74, 6) is 0.0561. The van der Waals surface area contributed by atoms with E-state index in [0.717, 1.165) is 12.1 Å². The lowest BCUT2D eigenvalue weighted by Crippen LogP contribution is -2.15. The maximum Gasteiger partial charge on any atom is 0.170 e. The van der Waals surface area contributed by atoms with E-state index in [9.17, 15) is 0 Å². The number of hydrogen-bond donors (Lipinski definition) is 3. The van der Waals surface area contributed by atoms with E-state index in [-0.39, 0.29) is 5.84 Å². The minimum atomic E-state index is 0.0561. The number of amidine groups is 1. The van der Waals surface area contributed by atoms with Gasteiger partial charge in [-0.15, -0.1) is 11.3 Å². The van der Waals surface area contributed by atoms with E-state index in [2.05, 4.69) is 28.8 Å². The Bertz CT molecular complexity index is 625. The van der Waals surface area contributed by atoms with Gasteiger partial charge in [-0.1, -0.05) is 28.9 Å². The van der Waals surface area contributed by atoms with Crippen molar-refractivity contribution in [2.75, 3.05) is 0 Å². The number of rotatable bonds is 5. The number of nitrogens with zero attached hydrogens (tertiary/aromatic N) is 1. The molecular formula is C14H16ClN3OS. The first-order valence-electron chi connectivity index (χ1n) is 6.12. The molecule has 2 rings (SSSR count). The van der Waals surface area contributed by atoms with Crippen LogP contribution in [0.1, 0.15) is 21.6 Å². The number of aryl methyl sites for hydroxylation is 1. The Morgan fingerprint density at radius 3 is 2.80 bits per heavy atom. The summed E-state index contributed by atoms with van der Waals surface area (Å²) in [6.45, 7) is 3.60. The van der Waals surface area contributed by atoms with Crippen LogP contribution in [-0.4, -0.2) is 11.0 Å². The zero-order chi connectivity index (χ0) is 14.5. The summed E-state index contributed by atoms with van der Waals surface area (Å²) in [6.07, 6.45) is 0. The van der Waals surface area contributed by atoms with Crippen LogP contribution >= 0.6 is 22.9 Å². The summed E-state index contributed by atoms with van der Waals surface area (Å²) < 4.78 is 0. The first-order chi connectivity index (χ1) is 9.61. The molecule has 0 bridgehead atoms. The van der Waals surface area contributed by atoms with Gasteiger partial charge in [-0.25, -0.2) is 0 Å².